The number of carbonyl (C=O) groups excluding carboxylic acids is 1. The Balaban J connectivity index is 1.88. The van der Waals surface area contributed by atoms with Gasteiger partial charge in [0.1, 0.15) is 0 Å². The van der Waals surface area contributed by atoms with Crippen LogP contribution in [-0.2, 0) is 21.8 Å². The van der Waals surface area contributed by atoms with Gasteiger partial charge in [-0.25, -0.2) is 8.42 Å². The van der Waals surface area contributed by atoms with Gasteiger partial charge in [0.25, 0.3) is 5.91 Å². The molecule has 1 aliphatic heterocycles. The van der Waals surface area contributed by atoms with E-state index in [4.69, 9.17) is 0 Å². The Labute approximate surface area is 176 Å². The summed E-state index contributed by atoms with van der Waals surface area (Å²) in [7, 11) is -3.08. The molecule has 1 saturated heterocycles. The zero-order valence-electron chi connectivity index (χ0n) is 16.5. The van der Waals surface area contributed by atoms with Crippen molar-refractivity contribution in [2.75, 3.05) is 11.5 Å². The molecule has 4 nitrogen and oxygen atoms in total. The third kappa shape index (κ3) is 5.03. The van der Waals surface area contributed by atoms with Gasteiger partial charge in [-0.1, -0.05) is 61.0 Å². The van der Waals surface area contributed by atoms with Gasteiger partial charge >= 0.3 is 0 Å². The van der Waals surface area contributed by atoms with Gasteiger partial charge in [0, 0.05) is 22.6 Å². The Morgan fingerprint density at radius 1 is 1.07 bits per heavy atom. The van der Waals surface area contributed by atoms with Crippen molar-refractivity contribution in [2.24, 2.45) is 0 Å². The van der Waals surface area contributed by atoms with Gasteiger partial charge in [-0.15, -0.1) is 0 Å². The number of benzene rings is 2. The molecule has 0 saturated carbocycles. The van der Waals surface area contributed by atoms with Crippen LogP contribution in [0.3, 0.4) is 0 Å². The maximum absolute atomic E-state index is 13.2. The summed E-state index contributed by atoms with van der Waals surface area (Å²) < 4.78 is 24.9. The summed E-state index contributed by atoms with van der Waals surface area (Å²) in [5, 5.41) is 0. The number of halogens is 1. The summed E-state index contributed by atoms with van der Waals surface area (Å²) >= 11 is 3.39. The quantitative estimate of drug-likeness (QED) is 0.666. The highest BCUT2D eigenvalue weighted by Gasteiger charge is 2.35. The maximum Gasteiger partial charge on any atom is 0.254 e. The number of rotatable bonds is 4. The molecule has 1 fully saturated rings. The number of nitrogens with zero attached hydrogens (tertiary/aromatic N) is 1. The zero-order valence-corrected chi connectivity index (χ0v) is 18.9. The van der Waals surface area contributed by atoms with Crippen LogP contribution in [0, 0.1) is 0 Å². The Bertz CT molecular complexity index is 945. The minimum absolute atomic E-state index is 0.0370. The van der Waals surface area contributed by atoms with Crippen molar-refractivity contribution in [1.82, 2.24) is 4.90 Å². The van der Waals surface area contributed by atoms with Crippen molar-refractivity contribution in [1.29, 1.82) is 0 Å². The minimum atomic E-state index is -3.08. The summed E-state index contributed by atoms with van der Waals surface area (Å²) in [6.07, 6.45) is 0.491. The molecule has 2 aromatic carbocycles. The van der Waals surface area contributed by atoms with E-state index in [2.05, 4.69) is 48.8 Å². The van der Waals surface area contributed by atoms with Crippen molar-refractivity contribution in [3.8, 4) is 0 Å². The minimum Gasteiger partial charge on any atom is -0.330 e. The first-order chi connectivity index (χ1) is 13.0. The van der Waals surface area contributed by atoms with Crippen LogP contribution in [0.5, 0.6) is 0 Å². The van der Waals surface area contributed by atoms with E-state index >= 15 is 0 Å². The van der Waals surface area contributed by atoms with Gasteiger partial charge in [0.05, 0.1) is 11.5 Å². The molecule has 28 heavy (non-hydrogen) atoms. The van der Waals surface area contributed by atoms with Gasteiger partial charge < -0.3 is 4.90 Å². The van der Waals surface area contributed by atoms with E-state index in [1.807, 2.05) is 24.3 Å². The molecule has 1 amide bonds. The second-order valence-electron chi connectivity index (χ2n) is 8.44. The molecule has 0 bridgehead atoms. The first-order valence-electron chi connectivity index (χ1n) is 9.41. The molecule has 1 aliphatic rings. The summed E-state index contributed by atoms with van der Waals surface area (Å²) in [4.78, 5) is 14.9. The first-order valence-corrected chi connectivity index (χ1v) is 12.0. The Morgan fingerprint density at radius 3 is 2.18 bits per heavy atom. The molecule has 3 rings (SSSR count). The molecule has 2 aromatic rings. The second-order valence-corrected chi connectivity index (χ2v) is 11.6. The van der Waals surface area contributed by atoms with E-state index in [-0.39, 0.29) is 28.9 Å². The van der Waals surface area contributed by atoms with Crippen molar-refractivity contribution in [3.05, 3.63) is 69.7 Å². The predicted molar refractivity (Wildman–Crippen MR) is 116 cm³/mol. The molecule has 0 radical (unpaired) electrons. The highest BCUT2D eigenvalue weighted by Crippen LogP contribution is 2.25. The summed E-state index contributed by atoms with van der Waals surface area (Å²) in [5.41, 5.74) is 2.86. The van der Waals surface area contributed by atoms with E-state index in [0.717, 1.165) is 10.0 Å². The van der Waals surface area contributed by atoms with Crippen LogP contribution < -0.4 is 0 Å². The fraction of sp³-hybridized carbons (Fsp3) is 0.409. The average Bonchev–Trinajstić information content (AvgIpc) is 2.99. The normalized spacial score (nSPS) is 18.8. The molecule has 0 aromatic heterocycles. The average molecular weight is 464 g/mol. The number of sulfone groups is 1. The third-order valence-electron chi connectivity index (χ3n) is 5.17. The standard InChI is InChI=1S/C22H26BrNO3S/c1-22(2,3)18-8-4-16(5-9-18)14-24(20-12-13-28(26,27)15-20)21(25)17-6-10-19(23)11-7-17/h4-11,20H,12-15H2,1-3H3. The van der Waals surface area contributed by atoms with E-state index in [1.165, 1.54) is 5.56 Å². The van der Waals surface area contributed by atoms with Crippen LogP contribution in [-0.4, -0.2) is 36.8 Å². The van der Waals surface area contributed by atoms with Gasteiger partial charge in [0.2, 0.25) is 0 Å². The first kappa shape index (κ1) is 21.1. The number of amides is 1. The van der Waals surface area contributed by atoms with Crippen LogP contribution >= 0.6 is 15.9 Å². The number of hydrogen-bond acceptors (Lipinski definition) is 3. The lowest BCUT2D eigenvalue weighted by atomic mass is 9.86. The molecule has 0 N–H and O–H groups in total. The van der Waals surface area contributed by atoms with Crippen molar-refractivity contribution in [2.45, 2.75) is 45.2 Å². The lowest BCUT2D eigenvalue weighted by molar-refractivity contribution is 0.0681. The van der Waals surface area contributed by atoms with Gasteiger partial charge in [-0.05, 0) is 47.2 Å². The molecule has 1 unspecified atom stereocenters. The molecule has 1 atom stereocenters. The zero-order chi connectivity index (χ0) is 20.5. The van der Waals surface area contributed by atoms with E-state index in [9.17, 15) is 13.2 Å². The number of carbonyl (C=O) groups is 1. The Kier molecular flexibility index (Phi) is 6.01. The van der Waals surface area contributed by atoms with Crippen molar-refractivity contribution < 1.29 is 13.2 Å². The highest BCUT2D eigenvalue weighted by molar-refractivity contribution is 9.10. The molecular weight excluding hydrogens is 438 g/mol. The molecule has 1 heterocycles. The van der Waals surface area contributed by atoms with Crippen LogP contribution in [0.15, 0.2) is 53.0 Å². The van der Waals surface area contributed by atoms with Crippen molar-refractivity contribution in [3.63, 3.8) is 0 Å². The third-order valence-corrected chi connectivity index (χ3v) is 7.45. The van der Waals surface area contributed by atoms with Gasteiger partial charge in [0.15, 0.2) is 9.84 Å². The summed E-state index contributed by atoms with van der Waals surface area (Å²) in [6.45, 7) is 6.89. The fourth-order valence-electron chi connectivity index (χ4n) is 3.45. The monoisotopic (exact) mass is 463 g/mol. The summed E-state index contributed by atoms with van der Waals surface area (Å²) in [5.74, 6) is 0.0505. The van der Waals surface area contributed by atoms with Crippen molar-refractivity contribution >= 4 is 31.7 Å². The van der Waals surface area contributed by atoms with Crippen LogP contribution in [0.1, 0.15) is 48.7 Å². The summed E-state index contributed by atoms with van der Waals surface area (Å²) in [6, 6.07) is 15.1. The Hall–Kier alpha value is -1.66. The smallest absolute Gasteiger partial charge is 0.254 e. The largest absolute Gasteiger partial charge is 0.330 e. The van der Waals surface area contributed by atoms with Crippen LogP contribution in [0.2, 0.25) is 0 Å². The Morgan fingerprint density at radius 2 is 1.68 bits per heavy atom. The molecular formula is C22H26BrNO3S. The SMILES string of the molecule is CC(C)(C)c1ccc(CN(C(=O)c2ccc(Br)cc2)C2CCS(=O)(=O)C2)cc1. The van der Waals surface area contributed by atoms with E-state index in [0.29, 0.717) is 18.5 Å². The lowest BCUT2D eigenvalue weighted by Crippen LogP contribution is -2.40. The van der Waals surface area contributed by atoms with Gasteiger partial charge in [-0.3, -0.25) is 4.79 Å². The second kappa shape index (κ2) is 7.99. The topological polar surface area (TPSA) is 54.5 Å². The van der Waals surface area contributed by atoms with Crippen LogP contribution in [0.4, 0.5) is 0 Å². The molecule has 0 aliphatic carbocycles. The van der Waals surface area contributed by atoms with E-state index in [1.54, 1.807) is 17.0 Å². The predicted octanol–water partition coefficient (Wildman–Crippen LogP) is 4.58. The van der Waals surface area contributed by atoms with Gasteiger partial charge in [-0.2, -0.15) is 0 Å². The number of hydrogen-bond donors (Lipinski definition) is 0. The molecule has 6 heteroatoms. The highest BCUT2D eigenvalue weighted by atomic mass is 79.9. The maximum atomic E-state index is 13.2. The lowest BCUT2D eigenvalue weighted by Gasteiger charge is -2.29. The molecule has 150 valence electrons. The van der Waals surface area contributed by atoms with Crippen LogP contribution in [0.25, 0.3) is 0 Å². The van der Waals surface area contributed by atoms with E-state index < -0.39 is 9.84 Å². The fourth-order valence-corrected chi connectivity index (χ4v) is 5.45. The molecule has 0 spiro atoms.